The zero-order valence-electron chi connectivity index (χ0n) is 12.1. The molecule has 0 saturated carbocycles. The minimum atomic E-state index is 0.499. The Morgan fingerprint density at radius 1 is 1.21 bits per heavy atom. The van der Waals surface area contributed by atoms with E-state index in [2.05, 4.69) is 48.0 Å². The summed E-state index contributed by atoms with van der Waals surface area (Å²) in [6.45, 7) is 8.42. The fourth-order valence-corrected chi connectivity index (χ4v) is 2.65. The van der Waals surface area contributed by atoms with Gasteiger partial charge in [-0.1, -0.05) is 6.08 Å². The maximum atomic E-state index is 3.77. The highest BCUT2D eigenvalue weighted by Gasteiger charge is 2.10. The largest absolute Gasteiger partial charge is 0.383 e. The van der Waals surface area contributed by atoms with Crippen molar-refractivity contribution in [3.63, 3.8) is 0 Å². The Bertz CT molecular complexity index is 377. The topological polar surface area (TPSA) is 15.3 Å². The van der Waals surface area contributed by atoms with Crippen LogP contribution in [-0.4, -0.2) is 19.1 Å². The van der Waals surface area contributed by atoms with Gasteiger partial charge in [0.05, 0.1) is 0 Å². The first-order chi connectivity index (χ1) is 9.29. The van der Waals surface area contributed by atoms with E-state index in [-0.39, 0.29) is 0 Å². The van der Waals surface area contributed by atoms with Gasteiger partial charge in [0, 0.05) is 30.5 Å². The Balaban J connectivity index is 1.88. The molecular weight excluding hydrogens is 232 g/mol. The number of rotatable bonds is 6. The molecule has 0 aromatic heterocycles. The predicted molar refractivity (Wildman–Crippen MR) is 85.0 cm³/mol. The van der Waals surface area contributed by atoms with Crippen LogP contribution in [0, 0.1) is 0 Å². The van der Waals surface area contributed by atoms with E-state index in [4.69, 9.17) is 0 Å². The summed E-state index contributed by atoms with van der Waals surface area (Å²) in [4.78, 5) is 2.49. The third-order valence-corrected chi connectivity index (χ3v) is 3.81. The van der Waals surface area contributed by atoms with Crippen LogP contribution in [-0.2, 0) is 0 Å². The van der Waals surface area contributed by atoms with Gasteiger partial charge in [-0.05, 0) is 63.3 Å². The van der Waals surface area contributed by atoms with Gasteiger partial charge in [0.2, 0.25) is 0 Å². The van der Waals surface area contributed by atoms with E-state index in [0.717, 1.165) is 12.8 Å². The van der Waals surface area contributed by atoms with E-state index >= 15 is 0 Å². The first-order valence-corrected chi connectivity index (χ1v) is 7.52. The minimum absolute atomic E-state index is 0.499. The zero-order chi connectivity index (χ0) is 13.5. The van der Waals surface area contributed by atoms with Crippen molar-refractivity contribution in [2.45, 2.75) is 45.1 Å². The lowest BCUT2D eigenvalue weighted by molar-refractivity contribution is 0.578. The summed E-state index contributed by atoms with van der Waals surface area (Å²) in [5.74, 6) is 0. The summed E-state index contributed by atoms with van der Waals surface area (Å²) < 4.78 is 0. The quantitative estimate of drug-likeness (QED) is 0.759. The molecule has 2 nitrogen and oxygen atoms in total. The van der Waals surface area contributed by atoms with Crippen molar-refractivity contribution in [3.05, 3.63) is 36.9 Å². The Morgan fingerprint density at radius 3 is 2.53 bits per heavy atom. The van der Waals surface area contributed by atoms with Crippen LogP contribution in [0.1, 0.15) is 39.0 Å². The molecule has 2 rings (SSSR count). The van der Waals surface area contributed by atoms with Gasteiger partial charge in [0.25, 0.3) is 0 Å². The average Bonchev–Trinajstić information content (AvgIpc) is 2.47. The number of allylic oxidation sites excluding steroid dienone is 1. The molecule has 1 atom stereocenters. The number of nitrogens with zero attached hydrogens (tertiary/aromatic N) is 1. The molecule has 104 valence electrons. The van der Waals surface area contributed by atoms with Crippen LogP contribution in [0.15, 0.2) is 36.9 Å². The van der Waals surface area contributed by atoms with Gasteiger partial charge >= 0.3 is 0 Å². The molecule has 1 saturated heterocycles. The summed E-state index contributed by atoms with van der Waals surface area (Å²) >= 11 is 0. The number of hydrogen-bond acceptors (Lipinski definition) is 2. The number of anilines is 2. The van der Waals surface area contributed by atoms with Crippen LogP contribution in [0.5, 0.6) is 0 Å². The van der Waals surface area contributed by atoms with Crippen LogP contribution in [0.4, 0.5) is 11.4 Å². The normalized spacial score (nSPS) is 17.0. The van der Waals surface area contributed by atoms with Gasteiger partial charge in [-0.25, -0.2) is 0 Å². The molecule has 19 heavy (non-hydrogen) atoms. The standard InChI is InChI=1S/C17H26N2/c1-3-4-8-15(2)18-16-9-11-17(12-10-16)19-13-6-5-7-14-19/h3,9-12,15,18H,1,4-8,13-14H2,2H3. The molecule has 2 heteroatoms. The first kappa shape index (κ1) is 14.0. The molecule has 1 heterocycles. The lowest BCUT2D eigenvalue weighted by atomic mass is 10.1. The minimum Gasteiger partial charge on any atom is -0.383 e. The Hall–Kier alpha value is -1.44. The van der Waals surface area contributed by atoms with Crippen LogP contribution in [0.2, 0.25) is 0 Å². The van der Waals surface area contributed by atoms with Gasteiger partial charge in [0.1, 0.15) is 0 Å². The predicted octanol–water partition coefficient (Wildman–Crippen LogP) is 4.44. The van der Waals surface area contributed by atoms with Crippen LogP contribution >= 0.6 is 0 Å². The van der Waals surface area contributed by atoms with E-state index in [1.165, 1.54) is 43.7 Å². The van der Waals surface area contributed by atoms with Crippen molar-refractivity contribution in [3.8, 4) is 0 Å². The molecule has 0 spiro atoms. The van der Waals surface area contributed by atoms with E-state index in [0.29, 0.717) is 6.04 Å². The lowest BCUT2D eigenvalue weighted by Crippen LogP contribution is -2.29. The van der Waals surface area contributed by atoms with E-state index in [9.17, 15) is 0 Å². The molecule has 1 fully saturated rings. The van der Waals surface area contributed by atoms with Gasteiger partial charge in [-0.3, -0.25) is 0 Å². The molecule has 1 aliphatic rings. The Kier molecular flexibility index (Phi) is 5.31. The van der Waals surface area contributed by atoms with Crippen molar-refractivity contribution in [2.75, 3.05) is 23.3 Å². The summed E-state index contributed by atoms with van der Waals surface area (Å²) in [6.07, 6.45) is 8.24. The molecule has 1 unspecified atom stereocenters. The SMILES string of the molecule is C=CCCC(C)Nc1ccc(N2CCCCC2)cc1. The fraction of sp³-hybridized carbons (Fsp3) is 0.529. The van der Waals surface area contributed by atoms with Crippen molar-refractivity contribution >= 4 is 11.4 Å². The summed E-state index contributed by atoms with van der Waals surface area (Å²) in [7, 11) is 0. The summed E-state index contributed by atoms with van der Waals surface area (Å²) in [5, 5.41) is 3.54. The highest BCUT2D eigenvalue weighted by atomic mass is 15.1. The van der Waals surface area contributed by atoms with Gasteiger partial charge in [-0.2, -0.15) is 0 Å². The number of benzene rings is 1. The highest BCUT2D eigenvalue weighted by molar-refractivity contribution is 5.55. The average molecular weight is 258 g/mol. The molecule has 0 aliphatic carbocycles. The van der Waals surface area contributed by atoms with E-state index in [1.807, 2.05) is 6.08 Å². The maximum Gasteiger partial charge on any atom is 0.0367 e. The molecule has 1 aliphatic heterocycles. The number of hydrogen-bond donors (Lipinski definition) is 1. The second kappa shape index (κ2) is 7.22. The smallest absolute Gasteiger partial charge is 0.0367 e. The second-order valence-corrected chi connectivity index (χ2v) is 5.51. The van der Waals surface area contributed by atoms with Crippen molar-refractivity contribution in [1.82, 2.24) is 0 Å². The molecule has 0 bridgehead atoms. The third kappa shape index (κ3) is 4.30. The summed E-state index contributed by atoms with van der Waals surface area (Å²) in [5.41, 5.74) is 2.58. The monoisotopic (exact) mass is 258 g/mol. The molecule has 0 amide bonds. The van der Waals surface area contributed by atoms with Crippen LogP contribution in [0.3, 0.4) is 0 Å². The third-order valence-electron chi connectivity index (χ3n) is 3.81. The van der Waals surface area contributed by atoms with Gasteiger partial charge in [0.15, 0.2) is 0 Å². The first-order valence-electron chi connectivity index (χ1n) is 7.52. The van der Waals surface area contributed by atoms with Crippen LogP contribution in [0.25, 0.3) is 0 Å². The van der Waals surface area contributed by atoms with Crippen molar-refractivity contribution in [1.29, 1.82) is 0 Å². The number of nitrogens with one attached hydrogen (secondary N) is 1. The maximum absolute atomic E-state index is 3.77. The molecule has 1 N–H and O–H groups in total. The fourth-order valence-electron chi connectivity index (χ4n) is 2.65. The Morgan fingerprint density at radius 2 is 1.89 bits per heavy atom. The van der Waals surface area contributed by atoms with E-state index < -0.39 is 0 Å². The van der Waals surface area contributed by atoms with Gasteiger partial charge in [-0.15, -0.1) is 6.58 Å². The molecular formula is C17H26N2. The summed E-state index contributed by atoms with van der Waals surface area (Å²) in [6, 6.07) is 9.39. The molecule has 1 aromatic carbocycles. The Labute approximate surface area is 117 Å². The zero-order valence-corrected chi connectivity index (χ0v) is 12.1. The van der Waals surface area contributed by atoms with Crippen LogP contribution < -0.4 is 10.2 Å². The second-order valence-electron chi connectivity index (χ2n) is 5.51. The van der Waals surface area contributed by atoms with Crippen molar-refractivity contribution in [2.24, 2.45) is 0 Å². The molecule has 1 aromatic rings. The number of piperidine rings is 1. The van der Waals surface area contributed by atoms with Crippen molar-refractivity contribution < 1.29 is 0 Å². The highest BCUT2D eigenvalue weighted by Crippen LogP contribution is 2.22. The molecule has 0 radical (unpaired) electrons. The van der Waals surface area contributed by atoms with Gasteiger partial charge < -0.3 is 10.2 Å². The lowest BCUT2D eigenvalue weighted by Gasteiger charge is -2.29. The van der Waals surface area contributed by atoms with E-state index in [1.54, 1.807) is 0 Å².